The predicted molar refractivity (Wildman–Crippen MR) is 78.3 cm³/mol. The maximum Gasteiger partial charge on any atom is 0.416 e. The molecule has 108 valence electrons. The fraction of sp³-hybridized carbons (Fsp3) is 0.133. The van der Waals surface area contributed by atoms with Crippen LogP contribution in [-0.2, 0) is 6.18 Å². The van der Waals surface area contributed by atoms with Gasteiger partial charge >= 0.3 is 6.18 Å². The highest BCUT2D eigenvalue weighted by Gasteiger charge is 2.31. The monoisotopic (exact) mass is 354 g/mol. The normalized spacial score (nSPS) is 11.0. The first-order valence-electron chi connectivity index (χ1n) is 5.96. The number of aryl methyl sites for hydroxylation is 1. The molecule has 2 nitrogen and oxygen atoms in total. The Hall–Kier alpha value is -2.00. The molecule has 0 saturated heterocycles. The van der Waals surface area contributed by atoms with E-state index in [0.29, 0.717) is 5.69 Å². The van der Waals surface area contributed by atoms with Crippen LogP contribution in [0.25, 0.3) is 0 Å². The molecule has 21 heavy (non-hydrogen) atoms. The topological polar surface area (TPSA) is 35.8 Å². The van der Waals surface area contributed by atoms with Crippen LogP contribution in [0.1, 0.15) is 16.7 Å². The van der Waals surface area contributed by atoms with Crippen molar-refractivity contribution in [2.24, 2.45) is 0 Å². The zero-order chi connectivity index (χ0) is 15.6. The van der Waals surface area contributed by atoms with Gasteiger partial charge < -0.3 is 5.32 Å². The molecule has 0 aliphatic rings. The molecule has 6 heteroatoms. The maximum absolute atomic E-state index is 12.6. The summed E-state index contributed by atoms with van der Waals surface area (Å²) in [6.07, 6.45) is -4.46. The highest BCUT2D eigenvalue weighted by atomic mass is 79.9. The van der Waals surface area contributed by atoms with Gasteiger partial charge in [-0.15, -0.1) is 0 Å². The van der Waals surface area contributed by atoms with E-state index in [0.717, 1.165) is 27.9 Å². The van der Waals surface area contributed by atoms with E-state index in [1.165, 1.54) is 6.07 Å². The molecule has 2 aromatic rings. The second-order valence-electron chi connectivity index (χ2n) is 4.45. The molecule has 0 bridgehead atoms. The third-order valence-corrected chi connectivity index (χ3v) is 3.43. The summed E-state index contributed by atoms with van der Waals surface area (Å²) in [6.45, 7) is 1.87. The molecule has 2 aromatic carbocycles. The first-order chi connectivity index (χ1) is 9.81. The summed E-state index contributed by atoms with van der Waals surface area (Å²) < 4.78 is 38.8. The Morgan fingerprint density at radius 1 is 1.10 bits per heavy atom. The first-order valence-corrected chi connectivity index (χ1v) is 6.75. The van der Waals surface area contributed by atoms with E-state index < -0.39 is 11.7 Å². The molecular weight excluding hydrogens is 345 g/mol. The van der Waals surface area contributed by atoms with Gasteiger partial charge in [-0.25, -0.2) is 0 Å². The van der Waals surface area contributed by atoms with Crippen molar-refractivity contribution in [3.8, 4) is 6.07 Å². The standard InChI is InChI=1S/C15H10BrF3N2/c1-9-2-4-12(16)7-14(9)21-13-5-3-11(15(17,18)19)6-10(13)8-20/h2-7,21H,1H3. The number of rotatable bonds is 2. The van der Waals surface area contributed by atoms with Gasteiger partial charge in [-0.1, -0.05) is 22.0 Å². The lowest BCUT2D eigenvalue weighted by atomic mass is 10.1. The van der Waals surface area contributed by atoms with Crippen molar-refractivity contribution in [2.75, 3.05) is 5.32 Å². The molecule has 0 spiro atoms. The van der Waals surface area contributed by atoms with Gasteiger partial charge in [0.15, 0.2) is 0 Å². The van der Waals surface area contributed by atoms with E-state index in [2.05, 4.69) is 21.2 Å². The minimum absolute atomic E-state index is 0.0517. The summed E-state index contributed by atoms with van der Waals surface area (Å²) >= 11 is 3.33. The third kappa shape index (κ3) is 3.56. The molecule has 0 aliphatic carbocycles. The Labute approximate surface area is 128 Å². The summed E-state index contributed by atoms with van der Waals surface area (Å²) in [7, 11) is 0. The van der Waals surface area contributed by atoms with Gasteiger partial charge in [0.2, 0.25) is 0 Å². The van der Waals surface area contributed by atoms with Gasteiger partial charge in [-0.3, -0.25) is 0 Å². The fourth-order valence-electron chi connectivity index (χ4n) is 1.80. The number of benzene rings is 2. The van der Waals surface area contributed by atoms with Crippen molar-refractivity contribution in [3.63, 3.8) is 0 Å². The van der Waals surface area contributed by atoms with Crippen LogP contribution in [0.4, 0.5) is 24.5 Å². The maximum atomic E-state index is 12.6. The van der Waals surface area contributed by atoms with Gasteiger partial charge in [0.05, 0.1) is 16.8 Å². The van der Waals surface area contributed by atoms with Crippen LogP contribution in [0.3, 0.4) is 0 Å². The number of hydrogen-bond acceptors (Lipinski definition) is 2. The van der Waals surface area contributed by atoms with E-state index in [1.54, 1.807) is 12.1 Å². The molecule has 0 radical (unpaired) electrons. The molecule has 0 heterocycles. The summed E-state index contributed by atoms with van der Waals surface area (Å²) in [4.78, 5) is 0. The highest BCUT2D eigenvalue weighted by Crippen LogP contribution is 2.33. The van der Waals surface area contributed by atoms with Crippen LogP contribution in [0.15, 0.2) is 40.9 Å². The molecule has 0 aliphatic heterocycles. The predicted octanol–water partition coefficient (Wildman–Crippen LogP) is 5.39. The van der Waals surface area contributed by atoms with Gasteiger partial charge in [-0.2, -0.15) is 18.4 Å². The molecule has 0 atom stereocenters. The van der Waals surface area contributed by atoms with Crippen molar-refractivity contribution >= 4 is 27.3 Å². The molecule has 1 N–H and O–H groups in total. The second kappa shape index (κ2) is 5.78. The van der Waals surface area contributed by atoms with Gasteiger partial charge in [-0.05, 0) is 42.8 Å². The lowest BCUT2D eigenvalue weighted by molar-refractivity contribution is -0.137. The van der Waals surface area contributed by atoms with Gasteiger partial charge in [0, 0.05) is 10.2 Å². The minimum Gasteiger partial charge on any atom is -0.354 e. The Kier molecular flexibility index (Phi) is 4.24. The lowest BCUT2D eigenvalue weighted by Gasteiger charge is -2.13. The van der Waals surface area contributed by atoms with Crippen molar-refractivity contribution in [1.82, 2.24) is 0 Å². The van der Waals surface area contributed by atoms with Crippen molar-refractivity contribution < 1.29 is 13.2 Å². The Bertz CT molecular complexity index is 718. The Morgan fingerprint density at radius 2 is 1.81 bits per heavy atom. The lowest BCUT2D eigenvalue weighted by Crippen LogP contribution is -2.06. The van der Waals surface area contributed by atoms with Crippen molar-refractivity contribution in [3.05, 3.63) is 57.6 Å². The van der Waals surface area contributed by atoms with Crippen LogP contribution in [0.2, 0.25) is 0 Å². The molecule has 2 rings (SSSR count). The van der Waals surface area contributed by atoms with Crippen LogP contribution < -0.4 is 5.32 Å². The number of alkyl halides is 3. The fourth-order valence-corrected chi connectivity index (χ4v) is 2.16. The molecular formula is C15H10BrF3N2. The van der Waals surface area contributed by atoms with Crippen LogP contribution in [-0.4, -0.2) is 0 Å². The van der Waals surface area contributed by atoms with E-state index in [1.807, 2.05) is 19.1 Å². The Balaban J connectivity index is 2.41. The zero-order valence-electron chi connectivity index (χ0n) is 10.9. The summed E-state index contributed by atoms with van der Waals surface area (Å²) in [6, 6.07) is 10.4. The van der Waals surface area contributed by atoms with Gasteiger partial charge in [0.1, 0.15) is 6.07 Å². The number of nitriles is 1. The summed E-state index contributed by atoms with van der Waals surface area (Å²) in [5, 5.41) is 12.0. The number of nitrogens with zero attached hydrogens (tertiary/aromatic N) is 1. The number of hydrogen-bond donors (Lipinski definition) is 1. The van der Waals surface area contributed by atoms with Crippen molar-refractivity contribution in [1.29, 1.82) is 5.26 Å². The average molecular weight is 355 g/mol. The van der Waals surface area contributed by atoms with Crippen LogP contribution in [0.5, 0.6) is 0 Å². The molecule has 0 aromatic heterocycles. The third-order valence-electron chi connectivity index (χ3n) is 2.94. The molecule has 0 saturated carbocycles. The summed E-state index contributed by atoms with van der Waals surface area (Å²) in [5.41, 5.74) is 1.09. The quantitative estimate of drug-likeness (QED) is 0.784. The number of halogens is 4. The molecule has 0 unspecified atom stereocenters. The highest BCUT2D eigenvalue weighted by molar-refractivity contribution is 9.10. The second-order valence-corrected chi connectivity index (χ2v) is 5.37. The summed E-state index contributed by atoms with van der Waals surface area (Å²) in [5.74, 6) is 0. The van der Waals surface area contributed by atoms with Crippen LogP contribution >= 0.6 is 15.9 Å². The minimum atomic E-state index is -4.46. The Morgan fingerprint density at radius 3 is 2.43 bits per heavy atom. The smallest absolute Gasteiger partial charge is 0.354 e. The molecule has 0 amide bonds. The van der Waals surface area contributed by atoms with E-state index >= 15 is 0 Å². The number of anilines is 2. The van der Waals surface area contributed by atoms with E-state index in [9.17, 15) is 13.2 Å². The van der Waals surface area contributed by atoms with E-state index in [-0.39, 0.29) is 5.56 Å². The SMILES string of the molecule is Cc1ccc(Br)cc1Nc1ccc(C(F)(F)F)cc1C#N. The van der Waals surface area contributed by atoms with Crippen molar-refractivity contribution in [2.45, 2.75) is 13.1 Å². The van der Waals surface area contributed by atoms with E-state index in [4.69, 9.17) is 5.26 Å². The zero-order valence-corrected chi connectivity index (χ0v) is 12.5. The average Bonchev–Trinajstić information content (AvgIpc) is 2.42. The first kappa shape index (κ1) is 15.4. The number of nitrogens with one attached hydrogen (secondary N) is 1. The molecule has 0 fully saturated rings. The van der Waals surface area contributed by atoms with Crippen LogP contribution in [0, 0.1) is 18.3 Å². The largest absolute Gasteiger partial charge is 0.416 e. The van der Waals surface area contributed by atoms with Gasteiger partial charge in [0.25, 0.3) is 0 Å².